The standard InChI is InChI=1S/C10H9NO.HI/c1-11-7-9(12)6-8-4-2-3-5-10(8)11;/h2-7H,1H3;1H. The van der Waals surface area contributed by atoms with E-state index in [4.69, 9.17) is 0 Å². The number of fused-ring (bicyclic) bond motifs is 1. The lowest BCUT2D eigenvalue weighted by Gasteiger charge is -1.96. The van der Waals surface area contributed by atoms with Gasteiger partial charge in [0, 0.05) is 6.07 Å². The van der Waals surface area contributed by atoms with E-state index in [2.05, 4.69) is 0 Å². The number of rotatable bonds is 0. The molecule has 0 fully saturated rings. The first kappa shape index (κ1) is 10.2. The van der Waals surface area contributed by atoms with Gasteiger partial charge in [0.25, 0.3) is 0 Å². The summed E-state index contributed by atoms with van der Waals surface area (Å²) in [4.78, 5) is 0. The highest BCUT2D eigenvalue weighted by Crippen LogP contribution is 2.14. The second kappa shape index (κ2) is 3.91. The molecule has 1 aromatic carbocycles. The van der Waals surface area contributed by atoms with Gasteiger partial charge in [-0.2, -0.15) is 4.57 Å². The number of aryl methyl sites for hydroxylation is 1. The van der Waals surface area contributed by atoms with Crippen LogP contribution in [0.5, 0.6) is 5.75 Å². The maximum absolute atomic E-state index is 9.29. The molecule has 0 bridgehead atoms. The average molecular weight is 287 g/mol. The second-order valence-electron chi connectivity index (χ2n) is 2.87. The van der Waals surface area contributed by atoms with E-state index in [1.165, 1.54) is 0 Å². The Labute approximate surface area is 93.8 Å². The second-order valence-corrected chi connectivity index (χ2v) is 2.87. The molecule has 1 aromatic heterocycles. The number of benzene rings is 1. The molecule has 0 unspecified atom stereocenters. The Balaban J connectivity index is 0.000000845. The van der Waals surface area contributed by atoms with E-state index in [-0.39, 0.29) is 24.0 Å². The number of halogens is 1. The number of nitrogens with zero attached hydrogens (tertiary/aromatic N) is 1. The lowest BCUT2D eigenvalue weighted by molar-refractivity contribution is -0.645. The van der Waals surface area contributed by atoms with E-state index in [0.29, 0.717) is 5.75 Å². The molecule has 1 N–H and O–H groups in total. The number of hydrogen-bond acceptors (Lipinski definition) is 1. The number of pyridine rings is 1. The summed E-state index contributed by atoms with van der Waals surface area (Å²) in [5, 5.41) is 10.3. The third-order valence-corrected chi connectivity index (χ3v) is 1.95. The normalized spacial score (nSPS) is 9.62. The van der Waals surface area contributed by atoms with E-state index < -0.39 is 0 Å². The molecule has 1 heterocycles. The zero-order valence-corrected chi connectivity index (χ0v) is 9.39. The largest absolute Gasteiger partial charge is 1.00 e. The summed E-state index contributed by atoms with van der Waals surface area (Å²) in [6.45, 7) is 0. The molecule has 2 rings (SSSR count). The van der Waals surface area contributed by atoms with E-state index in [1.54, 1.807) is 12.3 Å². The Morgan fingerprint density at radius 1 is 1.23 bits per heavy atom. The highest BCUT2D eigenvalue weighted by Gasteiger charge is 2.04. The van der Waals surface area contributed by atoms with Crippen molar-refractivity contribution in [1.82, 2.24) is 0 Å². The van der Waals surface area contributed by atoms with Crippen molar-refractivity contribution in [3.8, 4) is 5.75 Å². The van der Waals surface area contributed by atoms with Gasteiger partial charge in [-0.1, -0.05) is 12.1 Å². The van der Waals surface area contributed by atoms with Crippen molar-refractivity contribution in [3.05, 3.63) is 36.5 Å². The molecule has 0 amide bonds. The molecule has 3 heteroatoms. The monoisotopic (exact) mass is 287 g/mol. The molecule has 0 saturated heterocycles. The van der Waals surface area contributed by atoms with E-state index in [9.17, 15) is 5.11 Å². The van der Waals surface area contributed by atoms with Gasteiger partial charge in [-0.15, -0.1) is 0 Å². The minimum Gasteiger partial charge on any atom is -1.00 e. The maximum atomic E-state index is 9.29. The molecule has 0 aliphatic rings. The summed E-state index contributed by atoms with van der Waals surface area (Å²) in [6.07, 6.45) is 1.70. The van der Waals surface area contributed by atoms with Gasteiger partial charge in [-0.05, 0) is 12.1 Å². The van der Waals surface area contributed by atoms with E-state index in [0.717, 1.165) is 10.9 Å². The van der Waals surface area contributed by atoms with Gasteiger partial charge in [0.2, 0.25) is 11.7 Å². The van der Waals surface area contributed by atoms with Crippen molar-refractivity contribution in [2.75, 3.05) is 0 Å². The van der Waals surface area contributed by atoms with Crippen LogP contribution in [0.4, 0.5) is 0 Å². The van der Waals surface area contributed by atoms with Crippen LogP contribution in [-0.2, 0) is 7.05 Å². The minimum absolute atomic E-state index is 0. The van der Waals surface area contributed by atoms with Crippen molar-refractivity contribution in [3.63, 3.8) is 0 Å². The Kier molecular flexibility index (Phi) is 3.08. The predicted octanol–water partition coefficient (Wildman–Crippen LogP) is -1.63. The molecule has 0 aliphatic heterocycles. The Hall–Kier alpha value is -0.840. The summed E-state index contributed by atoms with van der Waals surface area (Å²) in [6, 6.07) is 9.71. The van der Waals surface area contributed by atoms with Gasteiger partial charge in [-0.25, -0.2) is 0 Å². The first-order chi connectivity index (χ1) is 5.77. The van der Waals surface area contributed by atoms with Crippen LogP contribution in [0.1, 0.15) is 0 Å². The van der Waals surface area contributed by atoms with Crippen LogP contribution in [0.15, 0.2) is 36.5 Å². The van der Waals surface area contributed by atoms with E-state index in [1.807, 2.05) is 35.9 Å². The molecule has 0 aliphatic carbocycles. The summed E-state index contributed by atoms with van der Waals surface area (Å²) >= 11 is 0. The van der Waals surface area contributed by atoms with Gasteiger partial charge in [0.1, 0.15) is 7.05 Å². The number of aromatic nitrogens is 1. The SMILES string of the molecule is C[n+]1cc(O)cc2ccccc21.[I-]. The molecular weight excluding hydrogens is 277 g/mol. The molecule has 68 valence electrons. The molecule has 0 radical (unpaired) electrons. The van der Waals surface area contributed by atoms with Crippen LogP contribution >= 0.6 is 0 Å². The molecule has 2 aromatic rings. The van der Waals surface area contributed by atoms with Crippen LogP contribution < -0.4 is 28.5 Å². The van der Waals surface area contributed by atoms with Crippen molar-refractivity contribution in [2.24, 2.45) is 7.05 Å². The zero-order chi connectivity index (χ0) is 8.55. The van der Waals surface area contributed by atoms with Gasteiger partial charge < -0.3 is 29.1 Å². The van der Waals surface area contributed by atoms with Crippen molar-refractivity contribution >= 4 is 10.9 Å². The Morgan fingerprint density at radius 2 is 1.92 bits per heavy atom. The maximum Gasteiger partial charge on any atom is 0.212 e. The number of aromatic hydroxyl groups is 1. The first-order valence-electron chi connectivity index (χ1n) is 3.85. The van der Waals surface area contributed by atoms with Crippen LogP contribution in [0, 0.1) is 0 Å². The zero-order valence-electron chi connectivity index (χ0n) is 7.24. The number of hydrogen-bond donors (Lipinski definition) is 1. The quantitative estimate of drug-likeness (QED) is 0.457. The van der Waals surface area contributed by atoms with Crippen LogP contribution in [-0.4, -0.2) is 5.11 Å². The lowest BCUT2D eigenvalue weighted by Crippen LogP contribution is -3.00. The fraction of sp³-hybridized carbons (Fsp3) is 0.100. The smallest absolute Gasteiger partial charge is 0.212 e. The van der Waals surface area contributed by atoms with Crippen LogP contribution in [0.25, 0.3) is 10.9 Å². The minimum atomic E-state index is 0. The summed E-state index contributed by atoms with van der Waals surface area (Å²) < 4.78 is 1.91. The van der Waals surface area contributed by atoms with Crippen LogP contribution in [0.3, 0.4) is 0 Å². The molecule has 13 heavy (non-hydrogen) atoms. The molecule has 0 atom stereocenters. The van der Waals surface area contributed by atoms with Gasteiger partial charge in [0.15, 0.2) is 5.75 Å². The third-order valence-electron chi connectivity index (χ3n) is 1.95. The predicted molar refractivity (Wildman–Crippen MR) is 46.8 cm³/mol. The Bertz CT molecular complexity index is 428. The van der Waals surface area contributed by atoms with Crippen molar-refractivity contribution < 1.29 is 33.7 Å². The lowest BCUT2D eigenvalue weighted by atomic mass is 10.2. The van der Waals surface area contributed by atoms with Crippen molar-refractivity contribution in [2.45, 2.75) is 0 Å². The molecule has 2 nitrogen and oxygen atoms in total. The molecule has 0 saturated carbocycles. The number of para-hydroxylation sites is 1. The summed E-state index contributed by atoms with van der Waals surface area (Å²) in [7, 11) is 1.92. The molecule has 0 spiro atoms. The highest BCUT2D eigenvalue weighted by atomic mass is 127. The third kappa shape index (κ3) is 1.91. The fourth-order valence-corrected chi connectivity index (χ4v) is 1.40. The van der Waals surface area contributed by atoms with Crippen LogP contribution in [0.2, 0.25) is 0 Å². The fourth-order valence-electron chi connectivity index (χ4n) is 1.40. The summed E-state index contributed by atoms with van der Waals surface area (Å²) in [5.41, 5.74) is 1.12. The first-order valence-corrected chi connectivity index (χ1v) is 3.85. The van der Waals surface area contributed by atoms with E-state index >= 15 is 0 Å². The van der Waals surface area contributed by atoms with Gasteiger partial charge in [0.05, 0.1) is 5.39 Å². The Morgan fingerprint density at radius 3 is 2.69 bits per heavy atom. The summed E-state index contributed by atoms with van der Waals surface area (Å²) in [5.74, 6) is 0.302. The van der Waals surface area contributed by atoms with Crippen molar-refractivity contribution in [1.29, 1.82) is 0 Å². The van der Waals surface area contributed by atoms with Gasteiger partial charge in [-0.3, -0.25) is 0 Å². The highest BCUT2D eigenvalue weighted by molar-refractivity contribution is 5.76. The average Bonchev–Trinajstić information content (AvgIpc) is 2.04. The van der Waals surface area contributed by atoms with Gasteiger partial charge >= 0.3 is 0 Å². The molecular formula is C10H10INO. The topological polar surface area (TPSA) is 24.1 Å².